The molecule has 5 heteroatoms. The maximum atomic E-state index is 10.7. The van der Waals surface area contributed by atoms with Gasteiger partial charge >= 0.3 is 0 Å². The van der Waals surface area contributed by atoms with Crippen LogP contribution in [0.2, 0.25) is 0 Å². The highest BCUT2D eigenvalue weighted by Gasteiger charge is 2.09. The molecule has 0 saturated carbocycles. The molecule has 0 aromatic carbocycles. The summed E-state index contributed by atoms with van der Waals surface area (Å²) >= 11 is 4.74. The molecule has 0 aliphatic heterocycles. The van der Waals surface area contributed by atoms with E-state index < -0.39 is 0 Å². The van der Waals surface area contributed by atoms with Gasteiger partial charge in [-0.3, -0.25) is 9.59 Å². The monoisotopic (exact) mass is 304 g/mol. The second kappa shape index (κ2) is 5.21. The van der Waals surface area contributed by atoms with Gasteiger partial charge in [0, 0.05) is 30.5 Å². The van der Waals surface area contributed by atoms with Gasteiger partial charge in [-0.2, -0.15) is 0 Å². The second-order valence-corrected chi connectivity index (χ2v) is 6.96. The van der Waals surface area contributed by atoms with Gasteiger partial charge in [0.05, 0.1) is 4.88 Å². The first-order chi connectivity index (χ1) is 9.30. The molecule has 0 amide bonds. The lowest BCUT2D eigenvalue weighted by Gasteiger charge is -1.90. The lowest BCUT2D eigenvalue weighted by Crippen LogP contribution is -1.67. The zero-order chi connectivity index (χ0) is 13.2. The molecule has 3 heterocycles. The van der Waals surface area contributed by atoms with Crippen molar-refractivity contribution >= 4 is 46.6 Å². The average Bonchev–Trinajstić information content (AvgIpc) is 3.16. The van der Waals surface area contributed by atoms with Gasteiger partial charge in [-0.1, -0.05) is 0 Å². The minimum Gasteiger partial charge on any atom is -0.298 e. The van der Waals surface area contributed by atoms with E-state index in [2.05, 4.69) is 12.1 Å². The summed E-state index contributed by atoms with van der Waals surface area (Å²) in [5.74, 6) is 0. The van der Waals surface area contributed by atoms with E-state index in [0.717, 1.165) is 37.0 Å². The number of hydrogen-bond donors (Lipinski definition) is 0. The molecule has 94 valence electrons. The number of carbonyl (C=O) groups is 2. The van der Waals surface area contributed by atoms with Crippen LogP contribution < -0.4 is 0 Å². The van der Waals surface area contributed by atoms with Crippen LogP contribution in [-0.2, 0) is 0 Å². The predicted octanol–water partition coefficient (Wildman–Crippen LogP) is 4.83. The third-order valence-electron chi connectivity index (χ3n) is 2.59. The molecule has 0 aliphatic rings. The van der Waals surface area contributed by atoms with Gasteiger partial charge in [0.1, 0.15) is 0 Å². The van der Waals surface area contributed by atoms with Gasteiger partial charge in [-0.25, -0.2) is 0 Å². The molecular weight excluding hydrogens is 296 g/mol. The molecule has 0 unspecified atom stereocenters. The lowest BCUT2D eigenvalue weighted by atomic mass is 10.3. The summed E-state index contributed by atoms with van der Waals surface area (Å²) < 4.78 is 0. The van der Waals surface area contributed by atoms with E-state index in [1.807, 2.05) is 23.6 Å². The van der Waals surface area contributed by atoms with E-state index in [1.54, 1.807) is 22.7 Å². The standard InChI is InChI=1S/C14H8O2S3/c15-6-9-5-14(17-8-9)13-4-3-12(19-13)11-2-1-10(7-16)18-11/h1-8H. The third-order valence-corrected chi connectivity index (χ3v) is 6.03. The number of hydrogen-bond acceptors (Lipinski definition) is 5. The van der Waals surface area contributed by atoms with Gasteiger partial charge < -0.3 is 0 Å². The molecular formula is C14H8O2S3. The van der Waals surface area contributed by atoms with Crippen molar-refractivity contribution in [3.05, 3.63) is 46.2 Å². The first-order valence-electron chi connectivity index (χ1n) is 5.49. The number of rotatable bonds is 4. The first kappa shape index (κ1) is 12.5. The van der Waals surface area contributed by atoms with Crippen molar-refractivity contribution in [1.82, 2.24) is 0 Å². The molecule has 0 bridgehead atoms. The van der Waals surface area contributed by atoms with E-state index >= 15 is 0 Å². The van der Waals surface area contributed by atoms with Crippen molar-refractivity contribution in [2.24, 2.45) is 0 Å². The molecule has 0 aliphatic carbocycles. The van der Waals surface area contributed by atoms with E-state index in [9.17, 15) is 9.59 Å². The molecule has 3 rings (SSSR count). The Bertz CT molecular complexity index is 673. The van der Waals surface area contributed by atoms with Crippen LogP contribution in [-0.4, -0.2) is 12.6 Å². The van der Waals surface area contributed by atoms with Crippen LogP contribution in [0, 0.1) is 0 Å². The number of carbonyl (C=O) groups excluding carboxylic acids is 2. The third kappa shape index (κ3) is 2.45. The van der Waals surface area contributed by atoms with E-state index in [4.69, 9.17) is 0 Å². The molecule has 0 fully saturated rings. The molecule has 3 aromatic rings. The maximum Gasteiger partial charge on any atom is 0.160 e. The van der Waals surface area contributed by atoms with Crippen LogP contribution in [0.15, 0.2) is 35.7 Å². The summed E-state index contributed by atoms with van der Waals surface area (Å²) in [5.41, 5.74) is 0.717. The van der Waals surface area contributed by atoms with Gasteiger partial charge in [0.25, 0.3) is 0 Å². The lowest BCUT2D eigenvalue weighted by molar-refractivity contribution is 0.111. The topological polar surface area (TPSA) is 34.1 Å². The van der Waals surface area contributed by atoms with Gasteiger partial charge in [0.15, 0.2) is 12.6 Å². The Labute approximate surface area is 122 Å². The Kier molecular flexibility index (Phi) is 3.42. The normalized spacial score (nSPS) is 10.5. The fraction of sp³-hybridized carbons (Fsp3) is 0. The molecule has 2 nitrogen and oxygen atoms in total. The summed E-state index contributed by atoms with van der Waals surface area (Å²) in [6, 6.07) is 9.82. The number of aldehydes is 2. The summed E-state index contributed by atoms with van der Waals surface area (Å²) in [6.07, 6.45) is 1.74. The fourth-order valence-electron chi connectivity index (χ4n) is 1.69. The van der Waals surface area contributed by atoms with Gasteiger partial charge in [-0.15, -0.1) is 34.0 Å². The van der Waals surface area contributed by atoms with E-state index in [0.29, 0.717) is 5.56 Å². The Balaban J connectivity index is 1.94. The Morgan fingerprint density at radius 1 is 0.789 bits per heavy atom. The van der Waals surface area contributed by atoms with Crippen LogP contribution in [0.3, 0.4) is 0 Å². The van der Waals surface area contributed by atoms with Crippen molar-refractivity contribution in [3.8, 4) is 19.5 Å². The van der Waals surface area contributed by atoms with Crippen LogP contribution in [0.25, 0.3) is 19.5 Å². The van der Waals surface area contributed by atoms with E-state index in [1.165, 1.54) is 11.3 Å². The fourth-order valence-corrected chi connectivity index (χ4v) is 4.57. The van der Waals surface area contributed by atoms with Crippen molar-refractivity contribution in [3.63, 3.8) is 0 Å². The largest absolute Gasteiger partial charge is 0.298 e. The maximum absolute atomic E-state index is 10.7. The molecule has 3 aromatic heterocycles. The Hall–Kier alpha value is -1.56. The Morgan fingerprint density at radius 3 is 2.11 bits per heavy atom. The highest BCUT2D eigenvalue weighted by molar-refractivity contribution is 7.26. The summed E-state index contributed by atoms with van der Waals surface area (Å²) in [6.45, 7) is 0. The molecule has 0 N–H and O–H groups in total. The summed E-state index contributed by atoms with van der Waals surface area (Å²) in [5, 5.41) is 1.86. The highest BCUT2D eigenvalue weighted by Crippen LogP contribution is 2.39. The second-order valence-electron chi connectivity index (χ2n) is 3.85. The minimum absolute atomic E-state index is 0.717. The minimum atomic E-state index is 0.717. The molecule has 0 radical (unpaired) electrons. The van der Waals surface area contributed by atoms with Crippen LogP contribution in [0.5, 0.6) is 0 Å². The number of thiophene rings is 3. The van der Waals surface area contributed by atoms with Crippen LogP contribution in [0.4, 0.5) is 0 Å². The van der Waals surface area contributed by atoms with Crippen LogP contribution in [0.1, 0.15) is 20.0 Å². The van der Waals surface area contributed by atoms with E-state index in [-0.39, 0.29) is 0 Å². The average molecular weight is 304 g/mol. The van der Waals surface area contributed by atoms with Crippen molar-refractivity contribution in [1.29, 1.82) is 0 Å². The van der Waals surface area contributed by atoms with Crippen molar-refractivity contribution in [2.45, 2.75) is 0 Å². The first-order valence-corrected chi connectivity index (χ1v) is 8.01. The molecule has 0 spiro atoms. The van der Waals surface area contributed by atoms with Crippen LogP contribution >= 0.6 is 34.0 Å². The zero-order valence-corrected chi connectivity index (χ0v) is 12.1. The zero-order valence-electron chi connectivity index (χ0n) is 9.66. The highest BCUT2D eigenvalue weighted by atomic mass is 32.1. The van der Waals surface area contributed by atoms with Crippen molar-refractivity contribution in [2.75, 3.05) is 0 Å². The quantitative estimate of drug-likeness (QED) is 0.647. The smallest absolute Gasteiger partial charge is 0.160 e. The molecule has 0 saturated heterocycles. The molecule has 19 heavy (non-hydrogen) atoms. The summed E-state index contributed by atoms with van der Waals surface area (Å²) in [7, 11) is 0. The van der Waals surface area contributed by atoms with Gasteiger partial charge in [-0.05, 0) is 30.3 Å². The van der Waals surface area contributed by atoms with Crippen molar-refractivity contribution < 1.29 is 9.59 Å². The Morgan fingerprint density at radius 2 is 1.47 bits per heavy atom. The predicted molar refractivity (Wildman–Crippen MR) is 81.7 cm³/mol. The SMILES string of the molecule is O=Cc1csc(-c2ccc(-c3ccc(C=O)s3)s2)c1. The molecule has 0 atom stereocenters. The summed E-state index contributed by atoms with van der Waals surface area (Å²) in [4.78, 5) is 26.6. The van der Waals surface area contributed by atoms with Gasteiger partial charge in [0.2, 0.25) is 0 Å².